The Bertz CT molecular complexity index is 191. The molecule has 3 aliphatic rings. The first kappa shape index (κ1) is 6.16. The SMILES string of the molecule is CC12CC(C(=O)O)(CO1)C2. The fourth-order valence-electron chi connectivity index (χ4n) is 2.11. The molecule has 1 saturated carbocycles. The molecule has 1 N–H and O–H groups in total. The molecule has 3 heteroatoms. The van der Waals surface area contributed by atoms with Crippen molar-refractivity contribution in [3.05, 3.63) is 0 Å². The molecule has 3 nitrogen and oxygen atoms in total. The van der Waals surface area contributed by atoms with Gasteiger partial charge in [0.15, 0.2) is 0 Å². The number of carboxylic acids is 1. The minimum atomic E-state index is -0.692. The fraction of sp³-hybridized carbons (Fsp3) is 0.857. The van der Waals surface area contributed by atoms with E-state index in [0.29, 0.717) is 19.4 Å². The summed E-state index contributed by atoms with van der Waals surface area (Å²) < 4.78 is 5.30. The van der Waals surface area contributed by atoms with Gasteiger partial charge in [-0.1, -0.05) is 0 Å². The molecule has 56 valence electrons. The number of carbonyl (C=O) groups is 1. The van der Waals surface area contributed by atoms with Crippen LogP contribution in [-0.4, -0.2) is 23.3 Å². The summed E-state index contributed by atoms with van der Waals surface area (Å²) >= 11 is 0. The zero-order chi connectivity index (χ0) is 7.41. The van der Waals surface area contributed by atoms with Gasteiger partial charge in [-0.3, -0.25) is 4.79 Å². The number of rotatable bonds is 1. The van der Waals surface area contributed by atoms with Crippen LogP contribution in [0.25, 0.3) is 0 Å². The van der Waals surface area contributed by atoms with Crippen molar-refractivity contribution in [2.24, 2.45) is 5.41 Å². The average Bonchev–Trinajstić information content (AvgIpc) is 2.19. The zero-order valence-corrected chi connectivity index (χ0v) is 5.89. The van der Waals surface area contributed by atoms with Crippen molar-refractivity contribution >= 4 is 5.97 Å². The first-order valence-corrected chi connectivity index (χ1v) is 3.44. The predicted molar refractivity (Wildman–Crippen MR) is 33.7 cm³/mol. The molecule has 0 aromatic rings. The molecule has 3 rings (SSSR count). The van der Waals surface area contributed by atoms with Crippen LogP contribution in [0.2, 0.25) is 0 Å². The van der Waals surface area contributed by atoms with Gasteiger partial charge in [0.1, 0.15) is 0 Å². The quantitative estimate of drug-likeness (QED) is 0.584. The number of fused-ring (bicyclic) bond motifs is 1. The van der Waals surface area contributed by atoms with Crippen LogP contribution < -0.4 is 0 Å². The summed E-state index contributed by atoms with van der Waals surface area (Å²) in [6, 6.07) is 0. The number of aliphatic carboxylic acids is 1. The Morgan fingerprint density at radius 1 is 1.60 bits per heavy atom. The molecule has 1 aliphatic carbocycles. The summed E-state index contributed by atoms with van der Waals surface area (Å²) in [4.78, 5) is 10.6. The van der Waals surface area contributed by atoms with Crippen LogP contribution in [0.15, 0.2) is 0 Å². The van der Waals surface area contributed by atoms with E-state index in [1.54, 1.807) is 0 Å². The van der Waals surface area contributed by atoms with Crippen molar-refractivity contribution in [3.8, 4) is 0 Å². The standard InChI is InChI=1S/C7H10O3/c1-6-2-7(3-6,4-10-6)5(8)9/h2-4H2,1H3,(H,8,9). The molecule has 0 radical (unpaired) electrons. The van der Waals surface area contributed by atoms with E-state index >= 15 is 0 Å². The molecule has 3 fully saturated rings. The largest absolute Gasteiger partial charge is 0.481 e. The summed E-state index contributed by atoms with van der Waals surface area (Å²) in [6.45, 7) is 2.39. The van der Waals surface area contributed by atoms with E-state index in [-0.39, 0.29) is 5.60 Å². The average molecular weight is 142 g/mol. The van der Waals surface area contributed by atoms with Gasteiger partial charge >= 0.3 is 5.97 Å². The van der Waals surface area contributed by atoms with Gasteiger partial charge in [-0.05, 0) is 19.8 Å². The lowest BCUT2D eigenvalue weighted by Gasteiger charge is -2.38. The van der Waals surface area contributed by atoms with E-state index in [2.05, 4.69) is 0 Å². The Hall–Kier alpha value is -0.570. The molecular formula is C7H10O3. The fourth-order valence-corrected chi connectivity index (χ4v) is 2.11. The van der Waals surface area contributed by atoms with Gasteiger partial charge in [0.25, 0.3) is 0 Å². The maximum atomic E-state index is 10.6. The van der Waals surface area contributed by atoms with Gasteiger partial charge in [-0.2, -0.15) is 0 Å². The van der Waals surface area contributed by atoms with E-state index in [9.17, 15) is 4.79 Å². The maximum absolute atomic E-state index is 10.6. The molecule has 0 amide bonds. The molecule has 0 spiro atoms. The highest BCUT2D eigenvalue weighted by molar-refractivity contribution is 5.77. The van der Waals surface area contributed by atoms with Gasteiger partial charge in [-0.15, -0.1) is 0 Å². The summed E-state index contributed by atoms with van der Waals surface area (Å²) in [5, 5.41) is 8.74. The van der Waals surface area contributed by atoms with Crippen LogP contribution in [0.4, 0.5) is 0 Å². The van der Waals surface area contributed by atoms with Crippen LogP contribution in [-0.2, 0) is 9.53 Å². The third-order valence-corrected chi connectivity index (χ3v) is 2.58. The number of hydrogen-bond acceptors (Lipinski definition) is 2. The molecule has 2 saturated heterocycles. The highest BCUT2D eigenvalue weighted by Gasteiger charge is 2.64. The van der Waals surface area contributed by atoms with E-state index < -0.39 is 11.4 Å². The lowest BCUT2D eigenvalue weighted by Crippen LogP contribution is -2.46. The Morgan fingerprint density at radius 2 is 2.20 bits per heavy atom. The monoisotopic (exact) mass is 142 g/mol. The number of hydrogen-bond donors (Lipinski definition) is 1. The third kappa shape index (κ3) is 0.515. The third-order valence-electron chi connectivity index (χ3n) is 2.58. The van der Waals surface area contributed by atoms with E-state index in [1.165, 1.54) is 0 Å². The molecular weight excluding hydrogens is 132 g/mol. The van der Waals surface area contributed by atoms with Crippen molar-refractivity contribution < 1.29 is 14.6 Å². The predicted octanol–water partition coefficient (Wildman–Crippen LogP) is 0.640. The molecule has 0 aromatic heterocycles. The summed E-state index contributed by atoms with van der Waals surface area (Å²) in [5.74, 6) is -0.692. The van der Waals surface area contributed by atoms with Crippen molar-refractivity contribution in [3.63, 3.8) is 0 Å². The highest BCUT2D eigenvalue weighted by atomic mass is 16.5. The van der Waals surface area contributed by atoms with Gasteiger partial charge in [-0.25, -0.2) is 0 Å². The topological polar surface area (TPSA) is 46.5 Å². The Morgan fingerprint density at radius 3 is 2.40 bits per heavy atom. The Balaban J connectivity index is 2.20. The van der Waals surface area contributed by atoms with Crippen molar-refractivity contribution in [1.29, 1.82) is 0 Å². The van der Waals surface area contributed by atoms with Gasteiger partial charge in [0.05, 0.1) is 17.6 Å². The minimum absolute atomic E-state index is 0.0988. The number of carboxylic acid groups (broad SMARTS) is 1. The zero-order valence-electron chi connectivity index (χ0n) is 5.89. The lowest BCUT2D eigenvalue weighted by molar-refractivity contribution is -0.153. The molecule has 2 heterocycles. The first-order valence-electron chi connectivity index (χ1n) is 3.44. The smallest absolute Gasteiger partial charge is 0.312 e. The Labute approximate surface area is 59.0 Å². The van der Waals surface area contributed by atoms with E-state index in [1.807, 2.05) is 6.92 Å². The molecule has 0 atom stereocenters. The summed E-state index contributed by atoms with van der Waals surface area (Å²) in [5.41, 5.74) is -0.604. The molecule has 2 bridgehead atoms. The van der Waals surface area contributed by atoms with Gasteiger partial charge in [0.2, 0.25) is 0 Å². The summed E-state index contributed by atoms with van der Waals surface area (Å²) in [6.07, 6.45) is 1.41. The molecule has 0 unspecified atom stereocenters. The number of ether oxygens (including phenoxy) is 1. The molecule has 2 aliphatic heterocycles. The second kappa shape index (κ2) is 1.37. The second-order valence-corrected chi connectivity index (χ2v) is 3.68. The van der Waals surface area contributed by atoms with Crippen LogP contribution >= 0.6 is 0 Å². The van der Waals surface area contributed by atoms with Crippen molar-refractivity contribution in [2.75, 3.05) is 6.61 Å². The Kier molecular flexibility index (Phi) is 0.844. The van der Waals surface area contributed by atoms with Crippen LogP contribution in [0.5, 0.6) is 0 Å². The minimum Gasteiger partial charge on any atom is -0.481 e. The molecule has 10 heavy (non-hydrogen) atoms. The van der Waals surface area contributed by atoms with Gasteiger partial charge in [0, 0.05) is 0 Å². The van der Waals surface area contributed by atoms with Crippen LogP contribution in [0, 0.1) is 5.41 Å². The molecule has 0 aromatic carbocycles. The normalized spacial score (nSPS) is 50.5. The maximum Gasteiger partial charge on any atom is 0.312 e. The van der Waals surface area contributed by atoms with Crippen molar-refractivity contribution in [1.82, 2.24) is 0 Å². The second-order valence-electron chi connectivity index (χ2n) is 3.68. The van der Waals surface area contributed by atoms with E-state index in [4.69, 9.17) is 9.84 Å². The van der Waals surface area contributed by atoms with Crippen LogP contribution in [0.3, 0.4) is 0 Å². The first-order chi connectivity index (χ1) is 4.56. The van der Waals surface area contributed by atoms with Crippen LogP contribution in [0.1, 0.15) is 19.8 Å². The van der Waals surface area contributed by atoms with Gasteiger partial charge < -0.3 is 9.84 Å². The van der Waals surface area contributed by atoms with E-state index in [0.717, 1.165) is 0 Å². The highest BCUT2D eigenvalue weighted by Crippen LogP contribution is 2.57. The summed E-state index contributed by atoms with van der Waals surface area (Å²) in [7, 11) is 0. The van der Waals surface area contributed by atoms with Crippen molar-refractivity contribution in [2.45, 2.75) is 25.4 Å². The lowest BCUT2D eigenvalue weighted by atomic mass is 9.63.